The molecule has 0 atom stereocenters. The van der Waals surface area contributed by atoms with Crippen molar-refractivity contribution in [2.45, 2.75) is 0 Å². The Morgan fingerprint density at radius 1 is 0.405 bits per heavy atom. The molecule has 0 saturated heterocycles. The van der Waals surface area contributed by atoms with Crippen molar-refractivity contribution in [1.29, 1.82) is 0 Å². The highest BCUT2D eigenvalue weighted by atomic mass is 15.2. The molecule has 0 N–H and O–H groups in total. The number of fused-ring (bicyclic) bond motifs is 11. The molecule has 0 aliphatic carbocycles. The minimum absolute atomic E-state index is 0.846. The maximum atomic E-state index is 5.00. The van der Waals surface area contributed by atoms with Crippen LogP contribution >= 0.6 is 0 Å². The molecule has 4 heterocycles. The Morgan fingerprint density at radius 3 is 1.71 bits per heavy atom. The first-order valence-corrected chi connectivity index (χ1v) is 14.3. The summed E-state index contributed by atoms with van der Waals surface area (Å²) in [5, 5.41) is 19.5. The summed E-state index contributed by atoms with van der Waals surface area (Å²) in [5.41, 5.74) is 7.97. The van der Waals surface area contributed by atoms with Crippen molar-refractivity contribution in [3.63, 3.8) is 0 Å². The topological polar surface area (TPSA) is 35.1 Å². The Morgan fingerprint density at radius 2 is 0.952 bits per heavy atom. The van der Waals surface area contributed by atoms with E-state index in [0.717, 1.165) is 33.4 Å². The molecule has 42 heavy (non-hydrogen) atoms. The molecule has 4 nitrogen and oxygen atoms in total. The molecule has 6 aromatic carbocycles. The Labute approximate surface area is 240 Å². The van der Waals surface area contributed by atoms with Gasteiger partial charge in [-0.1, -0.05) is 109 Å². The molecule has 0 aliphatic heterocycles. The predicted molar refractivity (Wildman–Crippen MR) is 174 cm³/mol. The van der Waals surface area contributed by atoms with Gasteiger partial charge in [0.1, 0.15) is 5.69 Å². The monoisotopic (exact) mass is 534 g/mol. The Balaban J connectivity index is 1.46. The van der Waals surface area contributed by atoms with Crippen LogP contribution in [0.3, 0.4) is 0 Å². The molecule has 0 amide bonds. The van der Waals surface area contributed by atoms with E-state index in [2.05, 4.69) is 136 Å². The van der Waals surface area contributed by atoms with Crippen LogP contribution < -0.4 is 0 Å². The smallest absolute Gasteiger partial charge is 0.168 e. The van der Waals surface area contributed by atoms with E-state index < -0.39 is 0 Å². The SMILES string of the molecule is c1ccc(-c2nnc(-n3c4ccccc4c4cc5c6ccccc6n6c7ccccc7c(c43)c56)c3ccccc23)cc1. The summed E-state index contributed by atoms with van der Waals surface area (Å²) >= 11 is 0. The minimum Gasteiger partial charge on any atom is -0.308 e. The lowest BCUT2D eigenvalue weighted by atomic mass is 10.0. The first-order valence-electron chi connectivity index (χ1n) is 14.3. The molecule has 0 unspecified atom stereocenters. The zero-order valence-electron chi connectivity index (χ0n) is 22.5. The molecule has 0 aliphatic rings. The normalized spacial score (nSPS) is 12.3. The molecule has 0 spiro atoms. The molecule has 4 heteroatoms. The van der Waals surface area contributed by atoms with E-state index in [1.807, 2.05) is 6.07 Å². The largest absolute Gasteiger partial charge is 0.308 e. The van der Waals surface area contributed by atoms with Crippen LogP contribution in [-0.2, 0) is 0 Å². The maximum absolute atomic E-state index is 5.00. The van der Waals surface area contributed by atoms with E-state index >= 15 is 0 Å². The van der Waals surface area contributed by atoms with Crippen molar-refractivity contribution < 1.29 is 0 Å². The van der Waals surface area contributed by atoms with Crippen molar-refractivity contribution in [2.24, 2.45) is 0 Å². The van der Waals surface area contributed by atoms with Crippen molar-refractivity contribution in [2.75, 3.05) is 0 Å². The van der Waals surface area contributed by atoms with Crippen LogP contribution in [0.15, 0.2) is 133 Å². The predicted octanol–water partition coefficient (Wildman–Crippen LogP) is 9.54. The van der Waals surface area contributed by atoms with Gasteiger partial charge in [0.05, 0.1) is 27.6 Å². The summed E-state index contributed by atoms with van der Waals surface area (Å²) < 4.78 is 4.80. The summed E-state index contributed by atoms with van der Waals surface area (Å²) in [6.07, 6.45) is 0. The minimum atomic E-state index is 0.846. The third kappa shape index (κ3) is 2.66. The zero-order chi connectivity index (χ0) is 27.4. The fourth-order valence-electron chi connectivity index (χ4n) is 7.24. The van der Waals surface area contributed by atoms with Crippen molar-refractivity contribution in [3.8, 4) is 17.1 Å². The Bertz CT molecular complexity index is 2680. The molecule has 0 radical (unpaired) electrons. The van der Waals surface area contributed by atoms with E-state index in [0.29, 0.717) is 0 Å². The second kappa shape index (κ2) is 7.93. The number of nitrogens with zero attached hydrogens (tertiary/aromatic N) is 4. The van der Waals surface area contributed by atoms with Gasteiger partial charge < -0.3 is 4.40 Å². The summed E-state index contributed by atoms with van der Waals surface area (Å²) in [7, 11) is 0. The van der Waals surface area contributed by atoms with Crippen LogP contribution in [0.1, 0.15) is 0 Å². The summed E-state index contributed by atoms with van der Waals surface area (Å²) in [5.74, 6) is 0.846. The summed E-state index contributed by atoms with van der Waals surface area (Å²) in [4.78, 5) is 0. The fraction of sp³-hybridized carbons (Fsp3) is 0. The fourth-order valence-corrected chi connectivity index (χ4v) is 7.24. The lowest BCUT2D eigenvalue weighted by Crippen LogP contribution is -2.02. The van der Waals surface area contributed by atoms with E-state index in [1.54, 1.807) is 0 Å². The van der Waals surface area contributed by atoms with Crippen LogP contribution in [0.4, 0.5) is 0 Å². The number of hydrogen-bond acceptors (Lipinski definition) is 2. The molecule has 0 bridgehead atoms. The molecule has 10 aromatic rings. The van der Waals surface area contributed by atoms with Gasteiger partial charge in [-0.15, -0.1) is 10.2 Å². The van der Waals surface area contributed by atoms with Crippen LogP contribution in [0.5, 0.6) is 0 Å². The molecule has 4 aromatic heterocycles. The first-order chi connectivity index (χ1) is 20.9. The van der Waals surface area contributed by atoms with Crippen molar-refractivity contribution in [3.05, 3.63) is 133 Å². The van der Waals surface area contributed by atoms with Gasteiger partial charge in [-0.3, -0.25) is 4.57 Å². The molecular formula is C38H22N4. The standard InChI is InChI=1S/C38H22N4/c1-2-12-23(13-3-1)35-26-16-4-5-17-27(26)38(40-39-35)42-32-20-10-7-15-25(32)30-22-29-24-14-6-9-19-31(24)41-33-21-11-8-18-28(33)34(36(29)41)37(30)42/h1-22H. The highest BCUT2D eigenvalue weighted by Crippen LogP contribution is 2.46. The van der Waals surface area contributed by atoms with Gasteiger partial charge in [0.25, 0.3) is 0 Å². The molecule has 0 saturated carbocycles. The van der Waals surface area contributed by atoms with E-state index in [4.69, 9.17) is 10.2 Å². The lowest BCUT2D eigenvalue weighted by molar-refractivity contribution is 0.978. The zero-order valence-corrected chi connectivity index (χ0v) is 22.5. The highest BCUT2D eigenvalue weighted by molar-refractivity contribution is 6.34. The number of benzene rings is 6. The van der Waals surface area contributed by atoms with Crippen molar-refractivity contribution in [1.82, 2.24) is 19.2 Å². The highest BCUT2D eigenvalue weighted by Gasteiger charge is 2.25. The van der Waals surface area contributed by atoms with E-state index in [1.165, 1.54) is 54.4 Å². The number of aromatic nitrogens is 4. The Hall–Kier alpha value is -5.74. The second-order valence-corrected chi connectivity index (χ2v) is 11.0. The number of hydrogen-bond donors (Lipinski definition) is 0. The van der Waals surface area contributed by atoms with Gasteiger partial charge >= 0.3 is 0 Å². The van der Waals surface area contributed by atoms with Crippen LogP contribution in [0, 0.1) is 0 Å². The van der Waals surface area contributed by atoms with Gasteiger partial charge in [0.2, 0.25) is 0 Å². The van der Waals surface area contributed by atoms with Crippen LogP contribution in [0.25, 0.3) is 87.7 Å². The molecular weight excluding hydrogens is 512 g/mol. The van der Waals surface area contributed by atoms with Gasteiger partial charge in [0.15, 0.2) is 5.82 Å². The van der Waals surface area contributed by atoms with Gasteiger partial charge in [-0.25, -0.2) is 0 Å². The number of rotatable bonds is 2. The van der Waals surface area contributed by atoms with Crippen LogP contribution in [0.2, 0.25) is 0 Å². The molecule has 0 fully saturated rings. The number of para-hydroxylation sites is 3. The average Bonchev–Trinajstić information content (AvgIpc) is 3.69. The van der Waals surface area contributed by atoms with Crippen molar-refractivity contribution >= 4 is 70.7 Å². The van der Waals surface area contributed by atoms with Crippen LogP contribution in [-0.4, -0.2) is 19.2 Å². The maximum Gasteiger partial charge on any atom is 0.168 e. The van der Waals surface area contributed by atoms with Gasteiger partial charge in [0, 0.05) is 48.7 Å². The summed E-state index contributed by atoms with van der Waals surface area (Å²) in [6, 6.07) is 47.5. The van der Waals surface area contributed by atoms with E-state index in [-0.39, 0.29) is 0 Å². The Kier molecular flexibility index (Phi) is 4.15. The molecule has 10 rings (SSSR count). The van der Waals surface area contributed by atoms with Gasteiger partial charge in [-0.05, 0) is 24.3 Å². The molecule has 194 valence electrons. The average molecular weight is 535 g/mol. The third-order valence-corrected chi connectivity index (χ3v) is 8.93. The van der Waals surface area contributed by atoms with E-state index in [9.17, 15) is 0 Å². The second-order valence-electron chi connectivity index (χ2n) is 11.0. The first kappa shape index (κ1) is 22.0. The van der Waals surface area contributed by atoms with Gasteiger partial charge in [-0.2, -0.15) is 0 Å². The summed E-state index contributed by atoms with van der Waals surface area (Å²) in [6.45, 7) is 0. The lowest BCUT2D eigenvalue weighted by Gasteiger charge is -2.13. The quantitative estimate of drug-likeness (QED) is 0.221. The third-order valence-electron chi connectivity index (χ3n) is 8.93.